The van der Waals surface area contributed by atoms with Crippen molar-refractivity contribution in [3.63, 3.8) is 0 Å². The molecule has 0 unspecified atom stereocenters. The van der Waals surface area contributed by atoms with E-state index in [0.29, 0.717) is 17.0 Å². The van der Waals surface area contributed by atoms with Gasteiger partial charge in [0.2, 0.25) is 0 Å². The molecule has 11 heteroatoms. The predicted octanol–water partition coefficient (Wildman–Crippen LogP) is 2.59. The zero-order valence-electron chi connectivity index (χ0n) is 18.7. The zero-order chi connectivity index (χ0) is 23.4. The van der Waals surface area contributed by atoms with Crippen molar-refractivity contribution in [2.75, 3.05) is 13.7 Å². The summed E-state index contributed by atoms with van der Waals surface area (Å²) in [5.41, 5.74) is 1.82. The molecule has 1 aromatic carbocycles. The van der Waals surface area contributed by atoms with E-state index in [9.17, 15) is 9.18 Å². The van der Waals surface area contributed by atoms with E-state index in [4.69, 9.17) is 4.74 Å². The van der Waals surface area contributed by atoms with Crippen LogP contribution in [0.1, 0.15) is 21.8 Å². The number of nitrogens with zero attached hydrogens (tertiary/aromatic N) is 7. The second-order valence-corrected chi connectivity index (χ2v) is 9.50. The molecule has 0 saturated carbocycles. The molecular formula is C23H22FN7O2S. The number of benzene rings is 1. The quantitative estimate of drug-likeness (QED) is 0.385. The average Bonchev–Trinajstić information content (AvgIpc) is 3.56. The van der Waals surface area contributed by atoms with Crippen molar-refractivity contribution in [2.45, 2.75) is 26.1 Å². The van der Waals surface area contributed by atoms with E-state index >= 15 is 0 Å². The van der Waals surface area contributed by atoms with Gasteiger partial charge in [-0.25, -0.2) is 19.2 Å². The molecule has 34 heavy (non-hydrogen) atoms. The molecule has 0 radical (unpaired) electrons. The third-order valence-electron chi connectivity index (χ3n) is 6.42. The standard InChI is InChI=1S/C23H22FN7O2S/c1-28-8-6-25-19(28)12-29-7-5-16-18(11-29)34-22-20(16)21-26-13-27-31(21)23(32)30(22)10-14-3-4-15(33-2)9-17(14)24/h3-4,6,8-9,13H,5,7,10-12H2,1-2H3. The van der Waals surface area contributed by atoms with Gasteiger partial charge in [0.25, 0.3) is 0 Å². The summed E-state index contributed by atoms with van der Waals surface area (Å²) < 4.78 is 24.8. The number of thiophene rings is 1. The Morgan fingerprint density at radius 1 is 1.24 bits per heavy atom. The van der Waals surface area contributed by atoms with E-state index in [1.807, 2.05) is 24.0 Å². The Morgan fingerprint density at radius 3 is 2.88 bits per heavy atom. The summed E-state index contributed by atoms with van der Waals surface area (Å²) >= 11 is 1.58. The first-order valence-electron chi connectivity index (χ1n) is 10.9. The van der Waals surface area contributed by atoms with Crippen LogP contribution in [0.3, 0.4) is 0 Å². The molecule has 174 valence electrons. The number of rotatable bonds is 5. The van der Waals surface area contributed by atoms with Crippen molar-refractivity contribution in [2.24, 2.45) is 7.05 Å². The van der Waals surface area contributed by atoms with Crippen LogP contribution in [0.25, 0.3) is 15.9 Å². The van der Waals surface area contributed by atoms with Gasteiger partial charge in [-0.2, -0.15) is 9.61 Å². The fraction of sp³-hybridized carbons (Fsp3) is 0.304. The van der Waals surface area contributed by atoms with Crippen LogP contribution in [-0.4, -0.2) is 47.3 Å². The summed E-state index contributed by atoms with van der Waals surface area (Å²) in [5, 5.41) is 5.10. The van der Waals surface area contributed by atoms with Gasteiger partial charge in [0.05, 0.1) is 25.6 Å². The zero-order valence-corrected chi connectivity index (χ0v) is 19.5. The Bertz CT molecular complexity index is 1600. The van der Waals surface area contributed by atoms with E-state index in [1.165, 1.54) is 34.5 Å². The van der Waals surface area contributed by atoms with Gasteiger partial charge >= 0.3 is 5.69 Å². The fourth-order valence-corrected chi connectivity index (χ4v) is 5.97. The molecule has 0 saturated heterocycles. The Hall–Kier alpha value is -3.57. The highest BCUT2D eigenvalue weighted by atomic mass is 32.1. The van der Waals surface area contributed by atoms with Crippen LogP contribution in [0.2, 0.25) is 0 Å². The molecular weight excluding hydrogens is 457 g/mol. The third kappa shape index (κ3) is 3.31. The number of imidazole rings is 1. The molecule has 5 aromatic rings. The first kappa shape index (κ1) is 21.0. The van der Waals surface area contributed by atoms with Crippen LogP contribution in [-0.2, 0) is 33.1 Å². The van der Waals surface area contributed by atoms with Gasteiger partial charge in [0.1, 0.15) is 28.5 Å². The smallest absolute Gasteiger partial charge is 0.352 e. The molecule has 0 aliphatic carbocycles. The second kappa shape index (κ2) is 8.03. The predicted molar refractivity (Wildman–Crippen MR) is 126 cm³/mol. The molecule has 1 aliphatic heterocycles. The first-order chi connectivity index (χ1) is 16.5. The molecule has 0 bridgehead atoms. The van der Waals surface area contributed by atoms with Crippen molar-refractivity contribution in [3.05, 3.63) is 75.1 Å². The topological polar surface area (TPSA) is 82.5 Å². The highest BCUT2D eigenvalue weighted by Gasteiger charge is 2.27. The number of aryl methyl sites for hydroxylation is 1. The average molecular weight is 480 g/mol. The highest BCUT2D eigenvalue weighted by Crippen LogP contribution is 2.37. The van der Waals surface area contributed by atoms with Crippen LogP contribution in [0.5, 0.6) is 5.75 Å². The molecule has 4 aromatic heterocycles. The monoisotopic (exact) mass is 479 g/mol. The van der Waals surface area contributed by atoms with Gasteiger partial charge in [-0.05, 0) is 18.1 Å². The van der Waals surface area contributed by atoms with Crippen molar-refractivity contribution < 1.29 is 9.13 Å². The lowest BCUT2D eigenvalue weighted by Crippen LogP contribution is -2.30. The Balaban J connectivity index is 1.45. The number of methoxy groups -OCH3 is 1. The molecule has 0 amide bonds. The molecule has 0 atom stereocenters. The SMILES string of the molecule is COc1ccc(Cn2c(=O)n3ncnc3c3c4c(sc32)CN(Cc2nccn2C)CC4)c(F)c1. The molecule has 9 nitrogen and oxygen atoms in total. The van der Waals surface area contributed by atoms with Gasteiger partial charge in [0, 0.05) is 49.0 Å². The van der Waals surface area contributed by atoms with Crippen molar-refractivity contribution in [1.29, 1.82) is 0 Å². The maximum Gasteiger partial charge on any atom is 0.352 e. The van der Waals surface area contributed by atoms with Gasteiger partial charge in [-0.1, -0.05) is 6.07 Å². The van der Waals surface area contributed by atoms with Gasteiger partial charge < -0.3 is 9.30 Å². The fourth-order valence-electron chi connectivity index (χ4n) is 4.59. The summed E-state index contributed by atoms with van der Waals surface area (Å²) in [6.45, 7) is 2.48. The lowest BCUT2D eigenvalue weighted by Gasteiger charge is -2.26. The summed E-state index contributed by atoms with van der Waals surface area (Å²) in [5.74, 6) is 1.03. The summed E-state index contributed by atoms with van der Waals surface area (Å²) in [4.78, 5) is 26.5. The minimum absolute atomic E-state index is 0.0946. The summed E-state index contributed by atoms with van der Waals surface area (Å²) in [6.07, 6.45) is 5.98. The Labute approximate surface area is 197 Å². The third-order valence-corrected chi connectivity index (χ3v) is 7.66. The van der Waals surface area contributed by atoms with Gasteiger partial charge in [-0.3, -0.25) is 9.47 Å². The number of hydrogen-bond acceptors (Lipinski definition) is 7. The number of aromatic nitrogens is 6. The lowest BCUT2D eigenvalue weighted by atomic mass is 10.1. The normalized spacial score (nSPS) is 14.2. The van der Waals surface area contributed by atoms with Gasteiger partial charge in [0.15, 0.2) is 5.65 Å². The number of fused-ring (bicyclic) bond motifs is 5. The maximum absolute atomic E-state index is 14.8. The molecule has 1 aliphatic rings. The van der Waals surface area contributed by atoms with Crippen LogP contribution >= 0.6 is 11.3 Å². The molecule has 6 rings (SSSR count). The maximum atomic E-state index is 14.8. The van der Waals surface area contributed by atoms with E-state index in [2.05, 4.69) is 20.0 Å². The van der Waals surface area contributed by atoms with Crippen molar-refractivity contribution in [1.82, 2.24) is 33.6 Å². The Morgan fingerprint density at radius 2 is 2.12 bits per heavy atom. The largest absolute Gasteiger partial charge is 0.497 e. The number of hydrogen-bond donors (Lipinski definition) is 0. The van der Waals surface area contributed by atoms with Crippen molar-refractivity contribution in [3.8, 4) is 5.75 Å². The van der Waals surface area contributed by atoms with Crippen LogP contribution in [0.4, 0.5) is 4.39 Å². The molecule has 0 fully saturated rings. The van der Waals surface area contributed by atoms with Crippen LogP contribution in [0, 0.1) is 5.82 Å². The summed E-state index contributed by atoms with van der Waals surface area (Å²) in [7, 11) is 3.49. The minimum atomic E-state index is -0.416. The van der Waals surface area contributed by atoms with Crippen LogP contribution in [0.15, 0.2) is 41.7 Å². The van der Waals surface area contributed by atoms with E-state index < -0.39 is 5.82 Å². The Kier molecular flexibility index (Phi) is 4.96. The number of ether oxygens (including phenoxy) is 1. The lowest BCUT2D eigenvalue weighted by molar-refractivity contribution is 0.241. The first-order valence-corrected chi connectivity index (χ1v) is 11.7. The van der Waals surface area contributed by atoms with Crippen LogP contribution < -0.4 is 10.4 Å². The second-order valence-electron chi connectivity index (χ2n) is 8.42. The summed E-state index contributed by atoms with van der Waals surface area (Å²) in [6, 6.07) is 4.68. The van der Waals surface area contributed by atoms with Crippen molar-refractivity contribution >= 4 is 27.2 Å². The highest BCUT2D eigenvalue weighted by molar-refractivity contribution is 7.19. The molecule has 0 spiro atoms. The van der Waals surface area contributed by atoms with E-state index in [-0.39, 0.29) is 12.2 Å². The van der Waals surface area contributed by atoms with E-state index in [0.717, 1.165) is 42.1 Å². The molecule has 0 N–H and O–H groups in total. The molecule has 5 heterocycles. The van der Waals surface area contributed by atoms with Gasteiger partial charge in [-0.15, -0.1) is 11.3 Å². The van der Waals surface area contributed by atoms with E-state index in [1.54, 1.807) is 28.0 Å². The number of halogens is 1. The minimum Gasteiger partial charge on any atom is -0.497 e.